The molecule has 0 radical (unpaired) electrons. The molecule has 104 valence electrons. The predicted octanol–water partition coefficient (Wildman–Crippen LogP) is 2.05. The quantitative estimate of drug-likeness (QED) is 0.674. The van der Waals surface area contributed by atoms with Gasteiger partial charge in [-0.2, -0.15) is 0 Å². The second kappa shape index (κ2) is 11.2. The van der Waals surface area contributed by atoms with E-state index < -0.39 is 0 Å². The van der Waals surface area contributed by atoms with Crippen LogP contribution < -0.4 is 5.32 Å². The molecule has 1 aliphatic rings. The van der Waals surface area contributed by atoms with Crippen molar-refractivity contribution in [1.82, 2.24) is 5.32 Å². The summed E-state index contributed by atoms with van der Waals surface area (Å²) in [5.74, 6) is -0.0510. The molecule has 1 heterocycles. The van der Waals surface area contributed by atoms with Crippen LogP contribution in [0.3, 0.4) is 0 Å². The van der Waals surface area contributed by atoms with E-state index in [1.807, 2.05) is 12.2 Å². The Morgan fingerprint density at radius 2 is 1.56 bits per heavy atom. The maximum atomic E-state index is 11.3. The fourth-order valence-corrected chi connectivity index (χ4v) is 1.81. The fraction of sp³-hybridized carbons (Fsp3) is 0.786. The minimum absolute atomic E-state index is 0.0510. The van der Waals surface area contributed by atoms with Crippen molar-refractivity contribution < 1.29 is 14.3 Å². The van der Waals surface area contributed by atoms with E-state index in [1.54, 1.807) is 0 Å². The van der Waals surface area contributed by atoms with Gasteiger partial charge in [-0.1, -0.05) is 37.8 Å². The van der Waals surface area contributed by atoms with E-state index in [2.05, 4.69) is 5.32 Å². The summed E-state index contributed by atoms with van der Waals surface area (Å²) in [6.45, 7) is 2.87. The van der Waals surface area contributed by atoms with Crippen LogP contribution in [0.25, 0.3) is 0 Å². The van der Waals surface area contributed by atoms with Crippen LogP contribution in [0, 0.1) is 0 Å². The molecule has 0 saturated carbocycles. The van der Waals surface area contributed by atoms with Crippen LogP contribution in [0.15, 0.2) is 12.2 Å². The topological polar surface area (TPSA) is 47.6 Å². The third kappa shape index (κ3) is 9.19. The maximum absolute atomic E-state index is 11.3. The Morgan fingerprint density at radius 3 is 2.33 bits per heavy atom. The lowest BCUT2D eigenvalue weighted by Gasteiger charge is -2.04. The third-order valence-electron chi connectivity index (χ3n) is 2.86. The molecule has 0 atom stereocenters. The Bertz CT molecular complexity index is 241. The molecule has 1 N–H and O–H groups in total. The maximum Gasteiger partial charge on any atom is 0.246 e. The lowest BCUT2D eigenvalue weighted by Crippen LogP contribution is -2.27. The van der Waals surface area contributed by atoms with Gasteiger partial charge in [0.05, 0.1) is 6.61 Å². The van der Waals surface area contributed by atoms with Crippen LogP contribution in [0.4, 0.5) is 0 Å². The molecule has 0 spiro atoms. The van der Waals surface area contributed by atoms with Gasteiger partial charge in [0.2, 0.25) is 5.91 Å². The first-order chi connectivity index (χ1) is 8.89. The van der Waals surface area contributed by atoms with Crippen LogP contribution >= 0.6 is 0 Å². The van der Waals surface area contributed by atoms with Gasteiger partial charge in [0, 0.05) is 19.8 Å². The van der Waals surface area contributed by atoms with Gasteiger partial charge in [-0.3, -0.25) is 4.79 Å². The Labute approximate surface area is 110 Å². The van der Waals surface area contributed by atoms with Crippen molar-refractivity contribution in [3.63, 3.8) is 0 Å². The van der Waals surface area contributed by atoms with Gasteiger partial charge in [0.15, 0.2) is 0 Å². The number of hydrogen-bond donors (Lipinski definition) is 1. The van der Waals surface area contributed by atoms with Gasteiger partial charge in [0.25, 0.3) is 0 Å². The van der Waals surface area contributed by atoms with Crippen molar-refractivity contribution in [2.24, 2.45) is 0 Å². The molecule has 18 heavy (non-hydrogen) atoms. The zero-order chi connectivity index (χ0) is 12.9. The largest absolute Gasteiger partial charge is 0.377 e. The second-order valence-corrected chi connectivity index (χ2v) is 4.52. The highest BCUT2D eigenvalue weighted by Gasteiger charge is 1.99. The fourth-order valence-electron chi connectivity index (χ4n) is 1.81. The molecule has 1 rings (SSSR count). The molecule has 0 aromatic carbocycles. The van der Waals surface area contributed by atoms with Gasteiger partial charge < -0.3 is 14.8 Å². The average Bonchev–Trinajstić information content (AvgIpc) is 2.37. The Balaban J connectivity index is 2.18. The van der Waals surface area contributed by atoms with E-state index in [4.69, 9.17) is 9.47 Å². The number of amides is 1. The summed E-state index contributed by atoms with van der Waals surface area (Å²) in [5.41, 5.74) is 0. The first-order valence-electron chi connectivity index (χ1n) is 6.97. The van der Waals surface area contributed by atoms with Gasteiger partial charge in [-0.05, 0) is 12.8 Å². The number of rotatable bonds is 0. The summed E-state index contributed by atoms with van der Waals surface area (Å²) >= 11 is 0. The summed E-state index contributed by atoms with van der Waals surface area (Å²) < 4.78 is 10.8. The zero-order valence-corrected chi connectivity index (χ0v) is 11.2. The summed E-state index contributed by atoms with van der Waals surface area (Å²) in [7, 11) is 0. The number of carbonyl (C=O) groups excluding carboxylic acids is 1. The van der Waals surface area contributed by atoms with Crippen LogP contribution in [0.1, 0.15) is 38.5 Å². The van der Waals surface area contributed by atoms with Crippen LogP contribution in [0.5, 0.6) is 0 Å². The minimum atomic E-state index is -0.0510. The average molecular weight is 255 g/mol. The summed E-state index contributed by atoms with van der Waals surface area (Å²) in [6.07, 6.45) is 11.0. The van der Waals surface area contributed by atoms with E-state index in [1.165, 1.54) is 25.7 Å². The van der Waals surface area contributed by atoms with Gasteiger partial charge in [0.1, 0.15) is 6.61 Å². The predicted molar refractivity (Wildman–Crippen MR) is 71.5 cm³/mol. The van der Waals surface area contributed by atoms with Crippen molar-refractivity contribution in [1.29, 1.82) is 0 Å². The SMILES string of the molecule is O=C1COCCCCCCCCOC/C=C/CN1. The number of hydrogen-bond acceptors (Lipinski definition) is 3. The molecule has 4 nitrogen and oxygen atoms in total. The lowest BCUT2D eigenvalue weighted by molar-refractivity contribution is -0.125. The number of carbonyl (C=O) groups is 1. The Morgan fingerprint density at radius 1 is 0.889 bits per heavy atom. The van der Waals surface area contributed by atoms with Crippen molar-refractivity contribution in [3.05, 3.63) is 12.2 Å². The van der Waals surface area contributed by atoms with Crippen molar-refractivity contribution >= 4 is 5.91 Å². The van der Waals surface area contributed by atoms with E-state index >= 15 is 0 Å². The first-order valence-corrected chi connectivity index (χ1v) is 6.97. The second-order valence-electron chi connectivity index (χ2n) is 4.52. The Kier molecular flexibility index (Phi) is 9.48. The van der Waals surface area contributed by atoms with Gasteiger partial charge >= 0.3 is 0 Å². The van der Waals surface area contributed by atoms with E-state index in [0.717, 1.165) is 19.4 Å². The monoisotopic (exact) mass is 255 g/mol. The van der Waals surface area contributed by atoms with Crippen molar-refractivity contribution in [2.45, 2.75) is 38.5 Å². The number of ether oxygens (including phenoxy) is 2. The van der Waals surface area contributed by atoms with E-state index in [-0.39, 0.29) is 12.5 Å². The van der Waals surface area contributed by atoms with Gasteiger partial charge in [-0.25, -0.2) is 0 Å². The third-order valence-corrected chi connectivity index (χ3v) is 2.86. The summed E-state index contributed by atoms with van der Waals surface area (Å²) in [6, 6.07) is 0. The molecule has 0 fully saturated rings. The highest BCUT2D eigenvalue weighted by atomic mass is 16.5. The molecule has 1 aliphatic heterocycles. The molecule has 1 amide bonds. The van der Waals surface area contributed by atoms with E-state index in [0.29, 0.717) is 19.8 Å². The Hall–Kier alpha value is -0.870. The van der Waals surface area contributed by atoms with Crippen LogP contribution in [-0.4, -0.2) is 38.9 Å². The van der Waals surface area contributed by atoms with E-state index in [9.17, 15) is 4.79 Å². The molecular formula is C14H25NO3. The minimum Gasteiger partial charge on any atom is -0.377 e. The normalized spacial score (nSPS) is 23.9. The van der Waals surface area contributed by atoms with Gasteiger partial charge in [-0.15, -0.1) is 0 Å². The first kappa shape index (κ1) is 15.2. The highest BCUT2D eigenvalue weighted by Crippen LogP contribution is 2.05. The summed E-state index contributed by atoms with van der Waals surface area (Å²) in [5, 5.41) is 2.77. The summed E-state index contributed by atoms with van der Waals surface area (Å²) in [4.78, 5) is 11.3. The molecule has 0 aromatic heterocycles. The standard InChI is InChI=1S/C14H25NO3/c16-14-13-18-12-7-4-2-1-3-6-10-17-11-8-5-9-15-14/h5,8H,1-4,6-7,9-13H2,(H,15,16)/b8-5+. The molecule has 0 aliphatic carbocycles. The molecular weight excluding hydrogens is 230 g/mol. The van der Waals surface area contributed by atoms with Crippen molar-refractivity contribution in [2.75, 3.05) is 33.0 Å². The molecule has 0 unspecified atom stereocenters. The molecule has 0 saturated heterocycles. The van der Waals surface area contributed by atoms with Crippen LogP contribution in [0.2, 0.25) is 0 Å². The van der Waals surface area contributed by atoms with Crippen LogP contribution in [-0.2, 0) is 14.3 Å². The smallest absolute Gasteiger partial charge is 0.246 e. The number of nitrogens with one attached hydrogen (secondary N) is 1. The highest BCUT2D eigenvalue weighted by molar-refractivity contribution is 5.77. The molecule has 0 aromatic rings. The zero-order valence-electron chi connectivity index (χ0n) is 11.2. The lowest BCUT2D eigenvalue weighted by atomic mass is 10.1. The molecule has 4 heteroatoms. The molecule has 0 bridgehead atoms. The van der Waals surface area contributed by atoms with Crippen molar-refractivity contribution in [3.8, 4) is 0 Å².